The van der Waals surface area contributed by atoms with Gasteiger partial charge < -0.3 is 5.11 Å². The van der Waals surface area contributed by atoms with Gasteiger partial charge in [0.2, 0.25) is 11.1 Å². The van der Waals surface area contributed by atoms with E-state index in [9.17, 15) is 15.2 Å². The van der Waals surface area contributed by atoms with E-state index in [1.54, 1.807) is 0 Å². The first-order valence-corrected chi connectivity index (χ1v) is 8.87. The predicted molar refractivity (Wildman–Crippen MR) is 103 cm³/mol. The summed E-state index contributed by atoms with van der Waals surface area (Å²) in [6.45, 7) is 2.04. The summed E-state index contributed by atoms with van der Waals surface area (Å²) in [5, 5.41) is 31.8. The van der Waals surface area contributed by atoms with Crippen molar-refractivity contribution in [2.45, 2.75) is 17.8 Å². The lowest BCUT2D eigenvalue weighted by Gasteiger charge is -1.99. The van der Waals surface area contributed by atoms with Crippen molar-refractivity contribution in [3.63, 3.8) is 0 Å². The van der Waals surface area contributed by atoms with Crippen molar-refractivity contribution < 1.29 is 10.0 Å². The monoisotopic (exact) mass is 384 g/mol. The van der Waals surface area contributed by atoms with Crippen LogP contribution in [0.4, 0.5) is 11.6 Å². The van der Waals surface area contributed by atoms with E-state index in [0.29, 0.717) is 11.1 Å². The Kier molecular flexibility index (Phi) is 5.67. The van der Waals surface area contributed by atoms with Gasteiger partial charge in [-0.05, 0) is 18.6 Å². The number of nitrogens with zero attached hydrogens (tertiary/aromatic N) is 4. The lowest BCUT2D eigenvalue weighted by molar-refractivity contribution is -0.384. The van der Waals surface area contributed by atoms with Gasteiger partial charge in [0, 0.05) is 23.4 Å². The van der Waals surface area contributed by atoms with Gasteiger partial charge in [0.25, 0.3) is 5.69 Å². The van der Waals surface area contributed by atoms with Gasteiger partial charge >= 0.3 is 0 Å². The predicted octanol–water partition coefficient (Wildman–Crippen LogP) is 3.47. The number of aromatic amines is 1. The van der Waals surface area contributed by atoms with E-state index in [1.807, 2.05) is 25.1 Å². The average Bonchev–Trinajstić information content (AvgIpc) is 3.09. The van der Waals surface area contributed by atoms with Gasteiger partial charge in [-0.3, -0.25) is 10.1 Å². The molecule has 3 N–H and O–H groups in total. The maximum absolute atomic E-state index is 10.8. The molecule has 138 valence electrons. The molecular formula is C17H16N6O3S. The third-order valence-electron chi connectivity index (χ3n) is 3.51. The number of H-pyrrole nitrogens is 1. The van der Waals surface area contributed by atoms with E-state index >= 15 is 0 Å². The number of non-ortho nitro benzene ring substituents is 1. The second-order valence-corrected chi connectivity index (χ2v) is 6.56. The van der Waals surface area contributed by atoms with E-state index in [4.69, 9.17) is 0 Å². The molecule has 2 aromatic carbocycles. The molecule has 27 heavy (non-hydrogen) atoms. The molecule has 0 atom stereocenters. The third-order valence-corrected chi connectivity index (χ3v) is 4.43. The number of hydrogen-bond donors (Lipinski definition) is 3. The minimum atomic E-state index is -0.543. The SMILES string of the molecule is Cc1cccc(CSc2n[nH]c(N/N=C\c3cc([N+](=O)[O-])ccc3O)n2)c1. The van der Waals surface area contributed by atoms with Crippen LogP contribution in [0.3, 0.4) is 0 Å². The highest BCUT2D eigenvalue weighted by molar-refractivity contribution is 7.98. The number of aromatic nitrogens is 3. The Bertz CT molecular complexity index is 988. The molecule has 0 aliphatic carbocycles. The molecule has 0 aliphatic rings. The molecule has 1 heterocycles. The van der Waals surface area contributed by atoms with Crippen LogP contribution in [0.25, 0.3) is 0 Å². The van der Waals surface area contributed by atoms with Crippen molar-refractivity contribution in [2.75, 3.05) is 5.43 Å². The molecule has 0 fully saturated rings. The molecule has 0 aliphatic heterocycles. The van der Waals surface area contributed by atoms with E-state index in [1.165, 1.54) is 47.3 Å². The van der Waals surface area contributed by atoms with Crippen molar-refractivity contribution in [3.05, 3.63) is 69.3 Å². The lowest BCUT2D eigenvalue weighted by Crippen LogP contribution is -1.94. The number of rotatable bonds is 7. The molecule has 9 nitrogen and oxygen atoms in total. The number of anilines is 1. The largest absolute Gasteiger partial charge is 0.507 e. The van der Waals surface area contributed by atoms with Crippen LogP contribution in [-0.4, -0.2) is 31.4 Å². The number of hydrazone groups is 1. The van der Waals surface area contributed by atoms with Gasteiger partial charge in [0.1, 0.15) is 5.75 Å². The number of benzene rings is 2. The fourth-order valence-electron chi connectivity index (χ4n) is 2.23. The minimum absolute atomic E-state index is 0.113. The lowest BCUT2D eigenvalue weighted by atomic mass is 10.2. The zero-order chi connectivity index (χ0) is 19.2. The van der Waals surface area contributed by atoms with E-state index in [-0.39, 0.29) is 17.0 Å². The minimum Gasteiger partial charge on any atom is -0.507 e. The molecule has 1 aromatic heterocycles. The van der Waals surface area contributed by atoms with Crippen LogP contribution in [0.1, 0.15) is 16.7 Å². The molecule has 0 unspecified atom stereocenters. The Morgan fingerprint density at radius 1 is 1.37 bits per heavy atom. The van der Waals surface area contributed by atoms with Crippen LogP contribution in [-0.2, 0) is 5.75 Å². The average molecular weight is 384 g/mol. The molecule has 3 aromatic rings. The van der Waals surface area contributed by atoms with Crippen molar-refractivity contribution in [1.82, 2.24) is 15.2 Å². The van der Waals surface area contributed by atoms with Crippen LogP contribution >= 0.6 is 11.8 Å². The van der Waals surface area contributed by atoms with Gasteiger partial charge in [-0.15, -0.1) is 5.10 Å². The Morgan fingerprint density at radius 2 is 2.22 bits per heavy atom. The zero-order valence-corrected chi connectivity index (χ0v) is 15.1. The molecule has 0 amide bonds. The topological polar surface area (TPSA) is 129 Å². The second kappa shape index (κ2) is 8.32. The van der Waals surface area contributed by atoms with Crippen molar-refractivity contribution in [1.29, 1.82) is 0 Å². The summed E-state index contributed by atoms with van der Waals surface area (Å²) in [7, 11) is 0. The van der Waals surface area contributed by atoms with Crippen LogP contribution in [0.5, 0.6) is 5.75 Å². The summed E-state index contributed by atoms with van der Waals surface area (Å²) >= 11 is 1.48. The standard InChI is InChI=1S/C17H16N6O3S/c1-11-3-2-4-12(7-11)10-27-17-19-16(21-22-17)20-18-9-13-8-14(23(25)26)5-6-15(13)24/h2-9,24H,10H2,1H3,(H2,19,20,21,22)/b18-9-. The summed E-state index contributed by atoms with van der Waals surface area (Å²) in [6.07, 6.45) is 1.27. The Morgan fingerprint density at radius 3 is 3.00 bits per heavy atom. The fraction of sp³-hybridized carbons (Fsp3) is 0.118. The zero-order valence-electron chi connectivity index (χ0n) is 14.3. The van der Waals surface area contributed by atoms with E-state index in [2.05, 4.69) is 31.8 Å². The van der Waals surface area contributed by atoms with Crippen molar-refractivity contribution in [3.8, 4) is 5.75 Å². The highest BCUT2D eigenvalue weighted by atomic mass is 32.2. The van der Waals surface area contributed by atoms with Crippen LogP contribution < -0.4 is 5.43 Å². The molecule has 3 rings (SSSR count). The van der Waals surface area contributed by atoms with Crippen LogP contribution in [0, 0.1) is 17.0 Å². The number of hydrogen-bond acceptors (Lipinski definition) is 8. The summed E-state index contributed by atoms with van der Waals surface area (Å²) in [5.74, 6) is 0.949. The summed E-state index contributed by atoms with van der Waals surface area (Å²) in [6, 6.07) is 11.9. The molecular weight excluding hydrogens is 368 g/mol. The van der Waals surface area contributed by atoms with Gasteiger partial charge in [-0.1, -0.05) is 41.6 Å². The van der Waals surface area contributed by atoms with Crippen LogP contribution in [0.2, 0.25) is 0 Å². The highest BCUT2D eigenvalue weighted by Crippen LogP contribution is 2.22. The van der Waals surface area contributed by atoms with E-state index < -0.39 is 4.92 Å². The molecule has 0 radical (unpaired) electrons. The number of aryl methyl sites for hydroxylation is 1. The first-order chi connectivity index (χ1) is 13.0. The van der Waals surface area contributed by atoms with Crippen LogP contribution in [0.15, 0.2) is 52.7 Å². The molecule has 0 saturated carbocycles. The molecule has 10 heteroatoms. The highest BCUT2D eigenvalue weighted by Gasteiger charge is 2.09. The maximum Gasteiger partial charge on any atom is 0.270 e. The van der Waals surface area contributed by atoms with Gasteiger partial charge in [-0.2, -0.15) is 10.1 Å². The maximum atomic E-state index is 10.8. The number of nitro groups is 1. The quantitative estimate of drug-likeness (QED) is 0.246. The van der Waals surface area contributed by atoms with Crippen molar-refractivity contribution >= 4 is 29.6 Å². The summed E-state index contributed by atoms with van der Waals surface area (Å²) < 4.78 is 0. The number of phenols is 1. The molecule has 0 bridgehead atoms. The first-order valence-electron chi connectivity index (χ1n) is 7.88. The normalized spacial score (nSPS) is 11.0. The number of nitro benzene ring substituents is 1. The van der Waals surface area contributed by atoms with Gasteiger partial charge in [-0.25, -0.2) is 10.5 Å². The smallest absolute Gasteiger partial charge is 0.270 e. The summed E-state index contributed by atoms with van der Waals surface area (Å²) in [5.41, 5.74) is 5.10. The Labute approximate surface area is 158 Å². The van der Waals surface area contributed by atoms with Crippen molar-refractivity contribution in [2.24, 2.45) is 5.10 Å². The number of aromatic hydroxyl groups is 1. The van der Waals surface area contributed by atoms with E-state index in [0.717, 1.165) is 5.75 Å². The number of nitrogens with one attached hydrogen (secondary N) is 2. The van der Waals surface area contributed by atoms with Gasteiger partial charge in [0.05, 0.1) is 11.1 Å². The first kappa shape index (κ1) is 18.4. The summed E-state index contributed by atoms with van der Waals surface area (Å²) in [4.78, 5) is 14.5. The fourth-order valence-corrected chi connectivity index (χ4v) is 2.97. The number of thioether (sulfide) groups is 1. The third kappa shape index (κ3) is 5.05. The second-order valence-electron chi connectivity index (χ2n) is 5.61. The Balaban J connectivity index is 1.59. The van der Waals surface area contributed by atoms with Gasteiger partial charge in [0.15, 0.2) is 0 Å². The molecule has 0 saturated heterocycles. The number of phenolic OH excluding ortho intramolecular Hbond substituents is 1. The Hall–Kier alpha value is -3.40. The molecule has 0 spiro atoms.